The zero-order chi connectivity index (χ0) is 22.3. The molecule has 2 N–H and O–H groups in total. The predicted octanol–water partition coefficient (Wildman–Crippen LogP) is 4.83. The van der Waals surface area contributed by atoms with E-state index in [1.165, 1.54) is 0 Å². The molecule has 1 aliphatic rings. The van der Waals surface area contributed by atoms with Crippen LogP contribution in [0.25, 0.3) is 0 Å². The van der Waals surface area contributed by atoms with Crippen LogP contribution in [-0.4, -0.2) is 31.7 Å². The zero-order valence-corrected chi connectivity index (χ0v) is 17.8. The molecular weight excluding hydrogens is 406 g/mol. The van der Waals surface area contributed by atoms with Gasteiger partial charge in [-0.25, -0.2) is 4.79 Å². The maximum Gasteiger partial charge on any atom is 0.323 e. The number of aryl methyl sites for hydroxylation is 1. The number of para-hydroxylation sites is 1. The Hall–Kier alpha value is -4.00. The van der Waals surface area contributed by atoms with Gasteiger partial charge >= 0.3 is 6.03 Å². The summed E-state index contributed by atoms with van der Waals surface area (Å²) in [6.45, 7) is 2.98. The Morgan fingerprint density at radius 2 is 1.81 bits per heavy atom. The summed E-state index contributed by atoms with van der Waals surface area (Å²) in [5, 5.41) is 5.58. The SMILES string of the molecule is Cc1cccc(OCCCN2C(=O)COc3ccc(NC(=O)Nc4ccccc4)cc32)c1. The molecule has 0 saturated heterocycles. The highest BCUT2D eigenvalue weighted by molar-refractivity contribution is 6.02. The molecule has 1 heterocycles. The average molecular weight is 431 g/mol. The van der Waals surface area contributed by atoms with E-state index in [4.69, 9.17) is 9.47 Å². The molecule has 0 aromatic heterocycles. The first-order valence-corrected chi connectivity index (χ1v) is 10.5. The monoisotopic (exact) mass is 431 g/mol. The number of ether oxygens (including phenoxy) is 2. The quantitative estimate of drug-likeness (QED) is 0.525. The lowest BCUT2D eigenvalue weighted by Gasteiger charge is -2.30. The van der Waals surface area contributed by atoms with Gasteiger partial charge in [-0.3, -0.25) is 4.79 Å². The Labute approximate surface area is 187 Å². The standard InChI is InChI=1S/C25H25N3O4/c1-18-7-5-10-21(15-18)31-14-6-13-28-22-16-20(11-12-23(22)32-17-24(28)29)27-25(30)26-19-8-3-2-4-9-19/h2-5,7-12,15-16H,6,13-14,17H2,1H3,(H2,26,27,30). The lowest BCUT2D eigenvalue weighted by Crippen LogP contribution is -2.39. The van der Waals surface area contributed by atoms with Crippen molar-refractivity contribution in [3.8, 4) is 11.5 Å². The Balaban J connectivity index is 1.38. The second kappa shape index (κ2) is 9.87. The zero-order valence-electron chi connectivity index (χ0n) is 17.8. The molecule has 0 spiro atoms. The molecule has 7 heteroatoms. The molecule has 0 saturated carbocycles. The van der Waals surface area contributed by atoms with Gasteiger partial charge in [0.2, 0.25) is 0 Å². The van der Waals surface area contributed by atoms with Crippen LogP contribution >= 0.6 is 0 Å². The molecule has 0 atom stereocenters. The van der Waals surface area contributed by atoms with Gasteiger partial charge in [0.1, 0.15) is 11.5 Å². The third kappa shape index (κ3) is 5.37. The molecule has 0 bridgehead atoms. The fourth-order valence-corrected chi connectivity index (χ4v) is 3.46. The third-order valence-electron chi connectivity index (χ3n) is 4.98. The van der Waals surface area contributed by atoms with Crippen molar-refractivity contribution < 1.29 is 19.1 Å². The van der Waals surface area contributed by atoms with Crippen LogP contribution in [-0.2, 0) is 4.79 Å². The third-order valence-corrected chi connectivity index (χ3v) is 4.98. The van der Waals surface area contributed by atoms with Crippen molar-refractivity contribution in [2.24, 2.45) is 0 Å². The van der Waals surface area contributed by atoms with Crippen molar-refractivity contribution in [2.75, 3.05) is 35.3 Å². The number of fused-ring (bicyclic) bond motifs is 1. The molecule has 3 aromatic rings. The molecule has 0 radical (unpaired) electrons. The molecule has 0 unspecified atom stereocenters. The summed E-state index contributed by atoms with van der Waals surface area (Å²) in [6.07, 6.45) is 0.658. The predicted molar refractivity (Wildman–Crippen MR) is 125 cm³/mol. The number of carbonyl (C=O) groups is 2. The molecule has 3 amide bonds. The van der Waals surface area contributed by atoms with Gasteiger partial charge in [0, 0.05) is 17.9 Å². The number of hydrogen-bond donors (Lipinski definition) is 2. The second-order valence-corrected chi connectivity index (χ2v) is 7.48. The van der Waals surface area contributed by atoms with Gasteiger partial charge in [-0.15, -0.1) is 0 Å². The van der Waals surface area contributed by atoms with E-state index in [9.17, 15) is 9.59 Å². The van der Waals surface area contributed by atoms with E-state index in [0.29, 0.717) is 42.4 Å². The summed E-state index contributed by atoms with van der Waals surface area (Å²) in [6, 6.07) is 21.9. The molecule has 3 aromatic carbocycles. The molecule has 164 valence electrons. The van der Waals surface area contributed by atoms with Crippen molar-refractivity contribution >= 4 is 29.0 Å². The Morgan fingerprint density at radius 3 is 2.62 bits per heavy atom. The van der Waals surface area contributed by atoms with Crippen LogP contribution in [0.4, 0.5) is 21.9 Å². The van der Waals surface area contributed by atoms with E-state index in [-0.39, 0.29) is 18.5 Å². The Bertz CT molecular complexity index is 1100. The lowest BCUT2D eigenvalue weighted by molar-refractivity contribution is -0.121. The fraction of sp³-hybridized carbons (Fsp3) is 0.200. The normalized spacial score (nSPS) is 12.5. The summed E-state index contributed by atoms with van der Waals surface area (Å²) < 4.78 is 11.4. The topological polar surface area (TPSA) is 79.9 Å². The number of carbonyl (C=O) groups excluding carboxylic acids is 2. The fourth-order valence-electron chi connectivity index (χ4n) is 3.46. The van der Waals surface area contributed by atoms with Crippen molar-refractivity contribution in [1.82, 2.24) is 0 Å². The Morgan fingerprint density at radius 1 is 1.00 bits per heavy atom. The van der Waals surface area contributed by atoms with Gasteiger partial charge in [0.05, 0.1) is 12.3 Å². The summed E-state index contributed by atoms with van der Waals surface area (Å²) in [5.74, 6) is 1.30. The van der Waals surface area contributed by atoms with Gasteiger partial charge < -0.3 is 25.0 Å². The van der Waals surface area contributed by atoms with Gasteiger partial charge in [-0.05, 0) is 61.4 Å². The molecule has 0 fully saturated rings. The van der Waals surface area contributed by atoms with Crippen LogP contribution in [0.1, 0.15) is 12.0 Å². The number of benzene rings is 3. The number of nitrogens with zero attached hydrogens (tertiary/aromatic N) is 1. The minimum atomic E-state index is -0.364. The van der Waals surface area contributed by atoms with Crippen LogP contribution < -0.4 is 25.0 Å². The number of hydrogen-bond acceptors (Lipinski definition) is 4. The molecule has 7 nitrogen and oxygen atoms in total. The first-order valence-electron chi connectivity index (χ1n) is 10.5. The van der Waals surface area contributed by atoms with Crippen LogP contribution in [0.3, 0.4) is 0 Å². The van der Waals surface area contributed by atoms with Crippen LogP contribution in [0.2, 0.25) is 0 Å². The van der Waals surface area contributed by atoms with E-state index < -0.39 is 0 Å². The van der Waals surface area contributed by atoms with Gasteiger partial charge in [-0.1, -0.05) is 30.3 Å². The largest absolute Gasteiger partial charge is 0.494 e. The number of nitrogens with one attached hydrogen (secondary N) is 2. The van der Waals surface area contributed by atoms with Crippen LogP contribution in [0.15, 0.2) is 72.8 Å². The molecular formula is C25H25N3O4. The van der Waals surface area contributed by atoms with Crippen LogP contribution in [0.5, 0.6) is 11.5 Å². The lowest BCUT2D eigenvalue weighted by atomic mass is 10.2. The number of rotatable bonds is 7. The summed E-state index contributed by atoms with van der Waals surface area (Å²) in [5.41, 5.74) is 3.03. The number of anilines is 3. The minimum Gasteiger partial charge on any atom is -0.494 e. The smallest absolute Gasteiger partial charge is 0.323 e. The van der Waals surface area contributed by atoms with E-state index >= 15 is 0 Å². The van der Waals surface area contributed by atoms with Gasteiger partial charge in [0.25, 0.3) is 5.91 Å². The highest BCUT2D eigenvalue weighted by Crippen LogP contribution is 2.34. The van der Waals surface area contributed by atoms with E-state index in [1.54, 1.807) is 35.2 Å². The van der Waals surface area contributed by atoms with Gasteiger partial charge in [-0.2, -0.15) is 0 Å². The maximum absolute atomic E-state index is 12.5. The molecule has 32 heavy (non-hydrogen) atoms. The van der Waals surface area contributed by atoms with E-state index in [0.717, 1.165) is 11.3 Å². The minimum absolute atomic E-state index is 0.00694. The summed E-state index contributed by atoms with van der Waals surface area (Å²) >= 11 is 0. The van der Waals surface area contributed by atoms with Crippen molar-refractivity contribution in [1.29, 1.82) is 0 Å². The highest BCUT2D eigenvalue weighted by atomic mass is 16.5. The van der Waals surface area contributed by atoms with Crippen molar-refractivity contribution in [2.45, 2.75) is 13.3 Å². The van der Waals surface area contributed by atoms with E-state index in [2.05, 4.69) is 10.6 Å². The van der Waals surface area contributed by atoms with Crippen molar-refractivity contribution in [3.63, 3.8) is 0 Å². The average Bonchev–Trinajstić information content (AvgIpc) is 2.78. The Kier molecular flexibility index (Phi) is 6.55. The highest BCUT2D eigenvalue weighted by Gasteiger charge is 2.25. The van der Waals surface area contributed by atoms with Crippen molar-refractivity contribution in [3.05, 3.63) is 78.4 Å². The van der Waals surface area contributed by atoms with Gasteiger partial charge in [0.15, 0.2) is 6.61 Å². The summed E-state index contributed by atoms with van der Waals surface area (Å²) in [4.78, 5) is 26.5. The maximum atomic E-state index is 12.5. The molecule has 4 rings (SSSR count). The van der Waals surface area contributed by atoms with E-state index in [1.807, 2.05) is 49.4 Å². The first kappa shape index (κ1) is 21.2. The molecule has 0 aliphatic carbocycles. The second-order valence-electron chi connectivity index (χ2n) is 7.48. The summed E-state index contributed by atoms with van der Waals surface area (Å²) in [7, 11) is 0. The van der Waals surface area contributed by atoms with Crippen LogP contribution in [0, 0.1) is 6.92 Å². The molecule has 1 aliphatic heterocycles. The number of amides is 3. The first-order chi connectivity index (χ1) is 15.6. The number of urea groups is 1.